The number of carbonyl (C=O) groups is 1. The maximum absolute atomic E-state index is 11.8. The van der Waals surface area contributed by atoms with E-state index >= 15 is 0 Å². The molecule has 0 fully saturated rings. The van der Waals surface area contributed by atoms with Crippen LogP contribution in [-0.4, -0.2) is 13.1 Å². The number of nitrogens with two attached hydrogens (primary N) is 1. The first-order valence-corrected chi connectivity index (χ1v) is 7.13. The summed E-state index contributed by atoms with van der Waals surface area (Å²) >= 11 is 1.73. The van der Waals surface area contributed by atoms with Crippen molar-refractivity contribution in [3.63, 3.8) is 0 Å². The summed E-state index contributed by atoms with van der Waals surface area (Å²) in [6.07, 6.45) is 0. The first kappa shape index (κ1) is 14.4. The van der Waals surface area contributed by atoms with Crippen molar-refractivity contribution < 1.29 is 9.53 Å². The Morgan fingerprint density at radius 2 is 2.10 bits per heavy atom. The number of hydrogen-bond acceptors (Lipinski definition) is 5. The number of aryl methyl sites for hydroxylation is 1. The number of ether oxygens (including phenoxy) is 1. The van der Waals surface area contributed by atoms with Gasteiger partial charge in [0.05, 0.1) is 18.7 Å². The second-order valence-corrected chi connectivity index (χ2v) is 5.93. The van der Waals surface area contributed by atoms with E-state index in [1.807, 2.05) is 0 Å². The van der Waals surface area contributed by atoms with Gasteiger partial charge in [0.1, 0.15) is 0 Å². The van der Waals surface area contributed by atoms with Gasteiger partial charge >= 0.3 is 5.97 Å². The number of benzene rings is 1. The van der Waals surface area contributed by atoms with Crippen molar-refractivity contribution >= 4 is 28.7 Å². The number of rotatable bonds is 4. The van der Waals surface area contributed by atoms with Gasteiger partial charge in [0.2, 0.25) is 0 Å². The van der Waals surface area contributed by atoms with E-state index in [2.05, 4.69) is 31.3 Å². The molecule has 1 atom stereocenters. The maximum Gasteiger partial charge on any atom is 0.340 e. The van der Waals surface area contributed by atoms with Crippen LogP contribution < -0.4 is 11.1 Å². The van der Waals surface area contributed by atoms with Gasteiger partial charge in [0, 0.05) is 21.1 Å². The molecule has 0 amide bonds. The molecule has 1 aromatic carbocycles. The SMILES string of the molecule is COC(=O)c1cc(N)ccc1NC(C)c1ccc(C)s1. The summed E-state index contributed by atoms with van der Waals surface area (Å²) in [6, 6.07) is 9.48. The number of thiophene rings is 1. The van der Waals surface area contributed by atoms with Gasteiger partial charge < -0.3 is 15.8 Å². The van der Waals surface area contributed by atoms with E-state index in [1.165, 1.54) is 16.9 Å². The lowest BCUT2D eigenvalue weighted by Crippen LogP contribution is -2.11. The molecule has 2 rings (SSSR count). The second-order valence-electron chi connectivity index (χ2n) is 4.61. The summed E-state index contributed by atoms with van der Waals surface area (Å²) in [5.74, 6) is -0.394. The van der Waals surface area contributed by atoms with Gasteiger partial charge in [0.25, 0.3) is 0 Å². The highest BCUT2D eigenvalue weighted by molar-refractivity contribution is 7.12. The van der Waals surface area contributed by atoms with Crippen LogP contribution >= 0.6 is 11.3 Å². The molecule has 0 aliphatic heterocycles. The first-order chi connectivity index (χ1) is 9.51. The Balaban J connectivity index is 2.26. The van der Waals surface area contributed by atoms with Crippen molar-refractivity contribution in [1.82, 2.24) is 0 Å². The highest BCUT2D eigenvalue weighted by atomic mass is 32.1. The topological polar surface area (TPSA) is 64.3 Å². The summed E-state index contributed by atoms with van der Waals surface area (Å²) in [5.41, 5.74) is 7.45. The Morgan fingerprint density at radius 1 is 1.35 bits per heavy atom. The molecule has 0 radical (unpaired) electrons. The summed E-state index contributed by atoms with van der Waals surface area (Å²) in [4.78, 5) is 14.3. The molecule has 0 bridgehead atoms. The van der Waals surface area contributed by atoms with Gasteiger partial charge in [-0.05, 0) is 44.2 Å². The zero-order valence-electron chi connectivity index (χ0n) is 11.8. The van der Waals surface area contributed by atoms with Gasteiger partial charge in [-0.15, -0.1) is 11.3 Å². The van der Waals surface area contributed by atoms with E-state index < -0.39 is 5.97 Å². The Kier molecular flexibility index (Phi) is 4.29. The normalized spacial score (nSPS) is 11.9. The number of hydrogen-bond donors (Lipinski definition) is 2. The molecule has 4 nitrogen and oxygen atoms in total. The number of nitrogen functional groups attached to an aromatic ring is 1. The van der Waals surface area contributed by atoms with Gasteiger partial charge in [0.15, 0.2) is 0 Å². The summed E-state index contributed by atoms with van der Waals surface area (Å²) < 4.78 is 4.79. The van der Waals surface area contributed by atoms with Crippen LogP contribution in [0.5, 0.6) is 0 Å². The zero-order chi connectivity index (χ0) is 14.7. The van der Waals surface area contributed by atoms with Crippen LogP contribution in [0.2, 0.25) is 0 Å². The fourth-order valence-corrected chi connectivity index (χ4v) is 2.84. The predicted octanol–water partition coefficient (Wildman–Crippen LogP) is 3.60. The Hall–Kier alpha value is -2.01. The van der Waals surface area contributed by atoms with E-state index in [9.17, 15) is 4.79 Å². The van der Waals surface area contributed by atoms with Crippen molar-refractivity contribution in [2.45, 2.75) is 19.9 Å². The number of carbonyl (C=O) groups excluding carboxylic acids is 1. The van der Waals surface area contributed by atoms with Gasteiger partial charge in [-0.25, -0.2) is 4.79 Å². The molecule has 1 aromatic heterocycles. The smallest absolute Gasteiger partial charge is 0.340 e. The predicted molar refractivity (Wildman–Crippen MR) is 83.3 cm³/mol. The van der Waals surface area contributed by atoms with Crippen molar-refractivity contribution in [2.24, 2.45) is 0 Å². The molecule has 0 aliphatic rings. The Morgan fingerprint density at radius 3 is 2.70 bits per heavy atom. The van der Waals surface area contributed by atoms with Gasteiger partial charge in [-0.2, -0.15) is 0 Å². The third-order valence-corrected chi connectivity index (χ3v) is 4.19. The summed E-state index contributed by atoms with van der Waals surface area (Å²) in [7, 11) is 1.36. The average Bonchev–Trinajstić information content (AvgIpc) is 2.86. The van der Waals surface area contributed by atoms with E-state index in [1.54, 1.807) is 29.5 Å². The van der Waals surface area contributed by atoms with Crippen molar-refractivity contribution in [3.05, 3.63) is 45.6 Å². The van der Waals surface area contributed by atoms with Gasteiger partial charge in [-0.1, -0.05) is 0 Å². The monoisotopic (exact) mass is 290 g/mol. The number of esters is 1. The van der Waals surface area contributed by atoms with E-state index in [0.717, 1.165) is 5.69 Å². The van der Waals surface area contributed by atoms with Crippen molar-refractivity contribution in [3.8, 4) is 0 Å². The lowest BCUT2D eigenvalue weighted by Gasteiger charge is -2.16. The lowest BCUT2D eigenvalue weighted by molar-refractivity contribution is 0.0602. The molecule has 0 saturated heterocycles. The number of nitrogens with one attached hydrogen (secondary N) is 1. The third-order valence-electron chi connectivity index (χ3n) is 3.01. The molecule has 2 aromatic rings. The van der Waals surface area contributed by atoms with E-state index in [0.29, 0.717) is 11.3 Å². The molecule has 20 heavy (non-hydrogen) atoms. The Bertz CT molecular complexity index is 622. The lowest BCUT2D eigenvalue weighted by atomic mass is 10.1. The molecule has 0 aliphatic carbocycles. The molecule has 3 N–H and O–H groups in total. The maximum atomic E-state index is 11.8. The number of anilines is 2. The van der Waals surface area contributed by atoms with Crippen LogP contribution in [-0.2, 0) is 4.74 Å². The average molecular weight is 290 g/mol. The standard InChI is InChI=1S/C15H18N2O2S/c1-9-4-7-14(20-9)10(2)17-13-6-5-11(16)8-12(13)15(18)19-3/h4-8,10,17H,16H2,1-3H3. The molecule has 5 heteroatoms. The van der Waals surface area contributed by atoms with Crippen LogP contribution in [0.25, 0.3) is 0 Å². The largest absolute Gasteiger partial charge is 0.465 e. The van der Waals surface area contributed by atoms with Crippen LogP contribution in [0.1, 0.15) is 33.1 Å². The molecule has 1 unspecified atom stereocenters. The molecular weight excluding hydrogens is 272 g/mol. The molecule has 106 valence electrons. The minimum Gasteiger partial charge on any atom is -0.465 e. The Labute approximate surface area is 122 Å². The first-order valence-electron chi connectivity index (χ1n) is 6.32. The van der Waals surface area contributed by atoms with E-state index in [-0.39, 0.29) is 6.04 Å². The number of methoxy groups -OCH3 is 1. The van der Waals surface area contributed by atoms with Crippen LogP contribution in [0.4, 0.5) is 11.4 Å². The molecule has 0 spiro atoms. The fourth-order valence-electron chi connectivity index (χ4n) is 1.96. The van der Waals surface area contributed by atoms with Crippen LogP contribution in [0.3, 0.4) is 0 Å². The minimum absolute atomic E-state index is 0.112. The highest BCUT2D eigenvalue weighted by Crippen LogP contribution is 2.28. The minimum atomic E-state index is -0.394. The third kappa shape index (κ3) is 3.11. The van der Waals surface area contributed by atoms with Crippen LogP contribution in [0, 0.1) is 6.92 Å². The molecular formula is C15H18N2O2S. The zero-order valence-corrected chi connectivity index (χ0v) is 12.6. The van der Waals surface area contributed by atoms with Gasteiger partial charge in [-0.3, -0.25) is 0 Å². The quantitative estimate of drug-likeness (QED) is 0.667. The van der Waals surface area contributed by atoms with E-state index in [4.69, 9.17) is 10.5 Å². The van der Waals surface area contributed by atoms with Crippen molar-refractivity contribution in [2.75, 3.05) is 18.2 Å². The molecule has 0 saturated carbocycles. The van der Waals surface area contributed by atoms with Crippen LogP contribution in [0.15, 0.2) is 30.3 Å². The fraction of sp³-hybridized carbons (Fsp3) is 0.267. The summed E-state index contributed by atoms with van der Waals surface area (Å²) in [6.45, 7) is 4.13. The van der Waals surface area contributed by atoms with Crippen molar-refractivity contribution in [1.29, 1.82) is 0 Å². The second kappa shape index (κ2) is 5.96. The highest BCUT2D eigenvalue weighted by Gasteiger charge is 2.15. The summed E-state index contributed by atoms with van der Waals surface area (Å²) in [5, 5.41) is 3.34. The molecule has 1 heterocycles.